The molecule has 0 radical (unpaired) electrons. The van der Waals surface area contributed by atoms with E-state index in [-0.39, 0.29) is 11.3 Å². The Morgan fingerprint density at radius 3 is 2.65 bits per heavy atom. The van der Waals surface area contributed by atoms with Crippen LogP contribution in [0.1, 0.15) is 25.7 Å². The summed E-state index contributed by atoms with van der Waals surface area (Å²) in [6, 6.07) is 7.44. The third kappa shape index (κ3) is 2.34. The van der Waals surface area contributed by atoms with Gasteiger partial charge in [0.25, 0.3) is 0 Å². The molecule has 1 amide bonds. The molecule has 4 heterocycles. The zero-order valence-electron chi connectivity index (χ0n) is 13.5. The van der Waals surface area contributed by atoms with Crippen LogP contribution in [0.15, 0.2) is 24.3 Å². The molecular weight excluding hydrogens is 290 g/mol. The lowest BCUT2D eigenvalue weighted by Crippen LogP contribution is -2.60. The van der Waals surface area contributed by atoms with Gasteiger partial charge in [0, 0.05) is 30.9 Å². The van der Waals surface area contributed by atoms with Crippen LogP contribution in [0.2, 0.25) is 0 Å². The molecule has 4 fully saturated rings. The lowest BCUT2D eigenvalue weighted by molar-refractivity contribution is -0.126. The van der Waals surface area contributed by atoms with Crippen molar-refractivity contribution in [2.24, 2.45) is 11.3 Å². The van der Waals surface area contributed by atoms with Crippen LogP contribution in [0.5, 0.6) is 5.75 Å². The van der Waals surface area contributed by atoms with Crippen molar-refractivity contribution in [2.45, 2.75) is 25.7 Å². The number of nitrogens with one attached hydrogen (secondary N) is 1. The first-order valence-electron chi connectivity index (χ1n) is 8.38. The normalized spacial score (nSPS) is 33.3. The summed E-state index contributed by atoms with van der Waals surface area (Å²) in [7, 11) is 1.62. The minimum atomic E-state index is 0.0000331. The van der Waals surface area contributed by atoms with Crippen molar-refractivity contribution in [2.75, 3.05) is 31.6 Å². The summed E-state index contributed by atoms with van der Waals surface area (Å²) < 4.78 is 5.25. The number of nitrogens with zero attached hydrogens (tertiary/aromatic N) is 2. The Morgan fingerprint density at radius 2 is 2.04 bits per heavy atom. The molecule has 23 heavy (non-hydrogen) atoms. The Balaban J connectivity index is 1.61. The molecule has 1 aromatic rings. The van der Waals surface area contributed by atoms with Crippen LogP contribution >= 0.6 is 0 Å². The van der Waals surface area contributed by atoms with E-state index in [1.165, 1.54) is 12.8 Å². The molecule has 1 aromatic carbocycles. The lowest BCUT2D eigenvalue weighted by atomic mass is 9.61. The molecule has 0 aromatic heterocycles. The fraction of sp³-hybridized carbons (Fsp3) is 0.556. The number of benzene rings is 1. The number of piperidine rings is 4. The molecule has 0 aliphatic carbocycles. The summed E-state index contributed by atoms with van der Waals surface area (Å²) in [6.07, 6.45) is 3.63. The average molecular weight is 313 g/mol. The van der Waals surface area contributed by atoms with Gasteiger partial charge < -0.3 is 9.64 Å². The number of carbonyl (C=O) groups excluding carboxylic acids is 1. The third-order valence-corrected chi connectivity index (χ3v) is 5.85. The number of methoxy groups -OCH3 is 1. The summed E-state index contributed by atoms with van der Waals surface area (Å²) in [5.41, 5.74) is 0.746. The van der Waals surface area contributed by atoms with Crippen LogP contribution in [0.25, 0.3) is 0 Å². The second kappa shape index (κ2) is 5.34. The Morgan fingerprint density at radius 1 is 1.26 bits per heavy atom. The smallest absolute Gasteiger partial charge is 0.233 e. The molecule has 0 saturated carbocycles. The SMILES string of the molecule is COc1cccc(N2C(=N)CC3(CC2=O)CN2CCC3CC2)c1. The molecule has 1 N–H and O–H groups in total. The fourth-order valence-electron chi connectivity index (χ4n) is 4.73. The third-order valence-electron chi connectivity index (χ3n) is 5.85. The van der Waals surface area contributed by atoms with Gasteiger partial charge in [-0.1, -0.05) is 6.07 Å². The van der Waals surface area contributed by atoms with E-state index in [9.17, 15) is 4.79 Å². The van der Waals surface area contributed by atoms with Crippen LogP contribution in [-0.2, 0) is 4.79 Å². The standard InChI is InChI=1S/C18H23N3O2/c1-23-15-4-2-3-14(9-15)21-16(19)10-18(11-17(21)22)12-20-7-5-13(18)6-8-20/h2-4,9,13,19H,5-8,10-12H2,1H3. The molecule has 2 bridgehead atoms. The number of ether oxygens (including phenoxy) is 1. The number of amidine groups is 1. The van der Waals surface area contributed by atoms with Gasteiger partial charge in [-0.05, 0) is 44.0 Å². The minimum absolute atomic E-state index is 0.0000331. The highest BCUT2D eigenvalue weighted by molar-refractivity contribution is 6.18. The highest BCUT2D eigenvalue weighted by Crippen LogP contribution is 2.50. The number of fused-ring (bicyclic) bond motifs is 2. The zero-order chi connectivity index (χ0) is 16.0. The maximum Gasteiger partial charge on any atom is 0.233 e. The number of amides is 1. The number of hydrogen-bond acceptors (Lipinski definition) is 4. The predicted molar refractivity (Wildman–Crippen MR) is 89.0 cm³/mol. The first kappa shape index (κ1) is 14.7. The average Bonchev–Trinajstić information content (AvgIpc) is 2.55. The second-order valence-electron chi connectivity index (χ2n) is 7.14. The van der Waals surface area contributed by atoms with Crippen LogP contribution in [0, 0.1) is 16.7 Å². The Kier molecular flexibility index (Phi) is 3.41. The summed E-state index contributed by atoms with van der Waals surface area (Å²) in [5, 5.41) is 8.53. The van der Waals surface area contributed by atoms with Gasteiger partial charge in [-0.3, -0.25) is 15.1 Å². The molecule has 5 heteroatoms. The molecule has 4 saturated heterocycles. The summed E-state index contributed by atoms with van der Waals surface area (Å²) in [6.45, 7) is 3.30. The van der Waals surface area contributed by atoms with Crippen molar-refractivity contribution in [3.05, 3.63) is 24.3 Å². The second-order valence-corrected chi connectivity index (χ2v) is 7.14. The van der Waals surface area contributed by atoms with Gasteiger partial charge in [-0.25, -0.2) is 0 Å². The first-order chi connectivity index (χ1) is 11.1. The van der Waals surface area contributed by atoms with Gasteiger partial charge in [-0.2, -0.15) is 0 Å². The molecule has 1 spiro atoms. The highest BCUT2D eigenvalue weighted by atomic mass is 16.5. The van der Waals surface area contributed by atoms with Crippen molar-refractivity contribution < 1.29 is 9.53 Å². The van der Waals surface area contributed by atoms with Gasteiger partial charge in [0.15, 0.2) is 0 Å². The van der Waals surface area contributed by atoms with Crippen molar-refractivity contribution in [1.82, 2.24) is 4.90 Å². The Hall–Kier alpha value is -1.88. The van der Waals surface area contributed by atoms with Gasteiger partial charge >= 0.3 is 0 Å². The Bertz CT molecular complexity index is 631. The van der Waals surface area contributed by atoms with Crippen LogP contribution in [0.4, 0.5) is 5.69 Å². The maximum atomic E-state index is 12.9. The van der Waals surface area contributed by atoms with Gasteiger partial charge in [0.1, 0.15) is 11.6 Å². The number of hydrogen-bond donors (Lipinski definition) is 1. The largest absolute Gasteiger partial charge is 0.497 e. The number of anilines is 1. The fourth-order valence-corrected chi connectivity index (χ4v) is 4.73. The molecule has 4 aliphatic rings. The van der Waals surface area contributed by atoms with Gasteiger partial charge in [0.2, 0.25) is 5.91 Å². The molecule has 5 rings (SSSR count). The van der Waals surface area contributed by atoms with E-state index in [2.05, 4.69) is 4.90 Å². The van der Waals surface area contributed by atoms with E-state index >= 15 is 0 Å². The molecule has 1 atom stereocenters. The van der Waals surface area contributed by atoms with Crippen molar-refractivity contribution in [1.29, 1.82) is 5.41 Å². The highest BCUT2D eigenvalue weighted by Gasteiger charge is 2.52. The molecule has 4 aliphatic heterocycles. The number of rotatable bonds is 2. The topological polar surface area (TPSA) is 56.6 Å². The molecule has 122 valence electrons. The first-order valence-corrected chi connectivity index (χ1v) is 8.38. The molecule has 1 unspecified atom stereocenters. The van der Waals surface area contributed by atoms with Crippen molar-refractivity contribution >= 4 is 17.4 Å². The summed E-state index contributed by atoms with van der Waals surface area (Å²) >= 11 is 0. The summed E-state index contributed by atoms with van der Waals surface area (Å²) in [4.78, 5) is 16.9. The number of carbonyl (C=O) groups is 1. The summed E-state index contributed by atoms with van der Waals surface area (Å²) in [5.74, 6) is 1.81. The van der Waals surface area contributed by atoms with Crippen molar-refractivity contribution in [3.8, 4) is 5.75 Å². The minimum Gasteiger partial charge on any atom is -0.497 e. The van der Waals surface area contributed by atoms with Gasteiger partial charge in [-0.15, -0.1) is 0 Å². The molecule has 5 nitrogen and oxygen atoms in total. The quantitative estimate of drug-likeness (QED) is 0.913. The van der Waals surface area contributed by atoms with Crippen LogP contribution in [-0.4, -0.2) is 43.4 Å². The monoisotopic (exact) mass is 313 g/mol. The van der Waals surface area contributed by atoms with E-state index in [1.807, 2.05) is 24.3 Å². The predicted octanol–water partition coefficient (Wildman–Crippen LogP) is 2.51. The van der Waals surface area contributed by atoms with Crippen LogP contribution < -0.4 is 9.64 Å². The van der Waals surface area contributed by atoms with Gasteiger partial charge in [0.05, 0.1) is 12.8 Å². The van der Waals surface area contributed by atoms with E-state index < -0.39 is 0 Å². The molecular formula is C18H23N3O2. The van der Waals surface area contributed by atoms with Crippen LogP contribution in [0.3, 0.4) is 0 Å². The van der Waals surface area contributed by atoms with E-state index in [4.69, 9.17) is 10.1 Å². The van der Waals surface area contributed by atoms with E-state index in [0.29, 0.717) is 30.3 Å². The van der Waals surface area contributed by atoms with E-state index in [1.54, 1.807) is 12.0 Å². The maximum absolute atomic E-state index is 12.9. The van der Waals surface area contributed by atoms with Crippen molar-refractivity contribution in [3.63, 3.8) is 0 Å². The zero-order valence-corrected chi connectivity index (χ0v) is 13.5. The Labute approximate surface area is 136 Å². The van der Waals surface area contributed by atoms with E-state index in [0.717, 1.165) is 25.3 Å². The lowest BCUT2D eigenvalue weighted by Gasteiger charge is -2.55.